The van der Waals surface area contributed by atoms with Crippen LogP contribution in [0.5, 0.6) is 11.5 Å². The van der Waals surface area contributed by atoms with Crippen LogP contribution < -0.4 is 9.47 Å². The Kier molecular flexibility index (Phi) is 5.80. The molecular formula is C25H26N2O2. The summed E-state index contributed by atoms with van der Waals surface area (Å²) in [6.45, 7) is 5.46. The molecule has 148 valence electrons. The fourth-order valence-electron chi connectivity index (χ4n) is 3.47. The maximum atomic E-state index is 6.14. The van der Waals surface area contributed by atoms with E-state index in [1.165, 1.54) is 5.56 Å². The second kappa shape index (κ2) is 8.82. The van der Waals surface area contributed by atoms with E-state index in [4.69, 9.17) is 14.5 Å². The number of aromatic nitrogens is 2. The number of rotatable bonds is 8. The first-order chi connectivity index (χ1) is 14.2. The van der Waals surface area contributed by atoms with Gasteiger partial charge in [-0.15, -0.1) is 0 Å². The van der Waals surface area contributed by atoms with E-state index in [1.807, 2.05) is 67.6 Å². The Balaban J connectivity index is 1.52. The average Bonchev–Trinajstić information content (AvgIpc) is 3.14. The molecule has 4 nitrogen and oxygen atoms in total. The van der Waals surface area contributed by atoms with Gasteiger partial charge in [-0.2, -0.15) is 0 Å². The maximum Gasteiger partial charge on any atom is 0.153 e. The first kappa shape index (κ1) is 19.1. The second-order valence-corrected chi connectivity index (χ2v) is 7.03. The fraction of sp³-hybridized carbons (Fsp3) is 0.240. The Morgan fingerprint density at radius 1 is 0.862 bits per heavy atom. The van der Waals surface area contributed by atoms with Gasteiger partial charge >= 0.3 is 0 Å². The average molecular weight is 386 g/mol. The number of para-hydroxylation sites is 3. The van der Waals surface area contributed by atoms with Gasteiger partial charge in [0.05, 0.1) is 17.6 Å². The van der Waals surface area contributed by atoms with Crippen LogP contribution in [0.3, 0.4) is 0 Å². The van der Waals surface area contributed by atoms with Crippen LogP contribution >= 0.6 is 0 Å². The summed E-state index contributed by atoms with van der Waals surface area (Å²) in [6, 6.07) is 26.3. The summed E-state index contributed by atoms with van der Waals surface area (Å²) >= 11 is 0. The molecule has 0 saturated heterocycles. The van der Waals surface area contributed by atoms with Gasteiger partial charge in [-0.3, -0.25) is 0 Å². The van der Waals surface area contributed by atoms with Crippen molar-refractivity contribution in [2.75, 3.05) is 6.61 Å². The molecule has 4 aromatic rings. The zero-order valence-electron chi connectivity index (χ0n) is 16.9. The van der Waals surface area contributed by atoms with Crippen molar-refractivity contribution in [3.05, 3.63) is 90.3 Å². The van der Waals surface area contributed by atoms with Crippen LogP contribution in [0.4, 0.5) is 0 Å². The number of aryl methyl sites for hydroxylation is 1. The molecule has 29 heavy (non-hydrogen) atoms. The molecule has 4 rings (SSSR count). The quantitative estimate of drug-likeness (QED) is 0.383. The lowest BCUT2D eigenvalue weighted by atomic mass is 10.2. The first-order valence-corrected chi connectivity index (χ1v) is 10.1. The Morgan fingerprint density at radius 2 is 1.59 bits per heavy atom. The molecule has 0 aliphatic rings. The van der Waals surface area contributed by atoms with Crippen molar-refractivity contribution in [1.29, 1.82) is 0 Å². The maximum absolute atomic E-state index is 6.14. The molecule has 0 saturated carbocycles. The number of benzene rings is 3. The van der Waals surface area contributed by atoms with Crippen molar-refractivity contribution < 1.29 is 9.47 Å². The van der Waals surface area contributed by atoms with Gasteiger partial charge in [-0.05, 0) is 55.3 Å². The Bertz CT molecular complexity index is 1060. The lowest BCUT2D eigenvalue weighted by molar-refractivity contribution is 0.207. The fourth-order valence-corrected chi connectivity index (χ4v) is 3.47. The van der Waals surface area contributed by atoms with E-state index in [1.54, 1.807) is 0 Å². The molecule has 1 unspecified atom stereocenters. The zero-order valence-corrected chi connectivity index (χ0v) is 16.9. The highest BCUT2D eigenvalue weighted by Gasteiger charge is 2.18. The molecule has 0 amide bonds. The number of fused-ring (bicyclic) bond motifs is 1. The highest BCUT2D eigenvalue weighted by molar-refractivity contribution is 5.76. The van der Waals surface area contributed by atoms with Crippen molar-refractivity contribution in [1.82, 2.24) is 9.55 Å². The third-order valence-electron chi connectivity index (χ3n) is 5.02. The standard InChI is InChI=1S/C25H26N2O2/c1-3-20-13-15-21(16-14-20)28-18-17-27-24-12-8-7-11-23(24)26-25(27)19(2)29-22-9-5-4-6-10-22/h4-16,19H,3,17-18H2,1-2H3. The van der Waals surface area contributed by atoms with Crippen molar-refractivity contribution in [2.45, 2.75) is 32.9 Å². The molecule has 3 aromatic carbocycles. The number of hydrogen-bond acceptors (Lipinski definition) is 3. The third-order valence-corrected chi connectivity index (χ3v) is 5.02. The van der Waals surface area contributed by atoms with Gasteiger partial charge in [0.15, 0.2) is 11.9 Å². The van der Waals surface area contributed by atoms with Crippen molar-refractivity contribution in [3.8, 4) is 11.5 Å². The van der Waals surface area contributed by atoms with Crippen molar-refractivity contribution in [3.63, 3.8) is 0 Å². The second-order valence-electron chi connectivity index (χ2n) is 7.03. The van der Waals surface area contributed by atoms with Crippen LogP contribution in [0.2, 0.25) is 0 Å². The van der Waals surface area contributed by atoms with Crippen LogP contribution in [0.15, 0.2) is 78.9 Å². The van der Waals surface area contributed by atoms with Crippen LogP contribution in [0, 0.1) is 0 Å². The summed E-state index contributed by atoms with van der Waals surface area (Å²) in [5, 5.41) is 0. The normalized spacial score (nSPS) is 12.1. The number of ether oxygens (including phenoxy) is 2. The summed E-state index contributed by atoms with van der Waals surface area (Å²) in [7, 11) is 0. The lowest BCUT2D eigenvalue weighted by Crippen LogP contribution is -2.15. The Morgan fingerprint density at radius 3 is 2.34 bits per heavy atom. The monoisotopic (exact) mass is 386 g/mol. The number of imidazole rings is 1. The van der Waals surface area contributed by atoms with E-state index in [0.717, 1.165) is 34.8 Å². The molecular weight excluding hydrogens is 360 g/mol. The van der Waals surface area contributed by atoms with Gasteiger partial charge in [-0.25, -0.2) is 4.98 Å². The van der Waals surface area contributed by atoms with Gasteiger partial charge in [-0.1, -0.05) is 49.4 Å². The Hall–Kier alpha value is -3.27. The summed E-state index contributed by atoms with van der Waals surface area (Å²) in [5.41, 5.74) is 3.38. The van der Waals surface area contributed by atoms with Gasteiger partial charge in [0.1, 0.15) is 18.1 Å². The predicted octanol–water partition coefficient (Wildman–Crippen LogP) is 5.82. The zero-order chi connectivity index (χ0) is 20.1. The van der Waals surface area contributed by atoms with Gasteiger partial charge in [0.25, 0.3) is 0 Å². The molecule has 0 bridgehead atoms. The summed E-state index contributed by atoms with van der Waals surface area (Å²) in [5.74, 6) is 2.63. The molecule has 4 heteroatoms. The molecule has 1 aromatic heterocycles. The van der Waals surface area contributed by atoms with E-state index < -0.39 is 0 Å². The van der Waals surface area contributed by atoms with Crippen LogP contribution in [-0.2, 0) is 13.0 Å². The lowest BCUT2D eigenvalue weighted by Gasteiger charge is -2.17. The van der Waals surface area contributed by atoms with E-state index in [-0.39, 0.29) is 6.10 Å². The Labute approximate surface area is 171 Å². The minimum atomic E-state index is -0.173. The molecule has 0 fully saturated rings. The third kappa shape index (κ3) is 4.43. The SMILES string of the molecule is CCc1ccc(OCCn2c(C(C)Oc3ccccc3)nc3ccccc32)cc1. The highest BCUT2D eigenvalue weighted by atomic mass is 16.5. The van der Waals surface area contributed by atoms with E-state index in [9.17, 15) is 0 Å². The molecule has 0 radical (unpaired) electrons. The first-order valence-electron chi connectivity index (χ1n) is 10.1. The number of nitrogens with zero attached hydrogens (tertiary/aromatic N) is 2. The van der Waals surface area contributed by atoms with E-state index >= 15 is 0 Å². The van der Waals surface area contributed by atoms with Gasteiger partial charge in [0, 0.05) is 0 Å². The summed E-state index contributed by atoms with van der Waals surface area (Å²) < 4.78 is 14.3. The number of hydrogen-bond donors (Lipinski definition) is 0. The topological polar surface area (TPSA) is 36.3 Å². The van der Waals surface area contributed by atoms with Crippen LogP contribution in [0.25, 0.3) is 11.0 Å². The van der Waals surface area contributed by atoms with E-state index in [2.05, 4.69) is 29.7 Å². The molecule has 0 aliphatic heterocycles. The van der Waals surface area contributed by atoms with Crippen molar-refractivity contribution >= 4 is 11.0 Å². The minimum Gasteiger partial charge on any atom is -0.492 e. The minimum absolute atomic E-state index is 0.173. The highest BCUT2D eigenvalue weighted by Crippen LogP contribution is 2.25. The predicted molar refractivity (Wildman–Crippen MR) is 117 cm³/mol. The summed E-state index contributed by atoms with van der Waals surface area (Å²) in [4.78, 5) is 4.84. The largest absolute Gasteiger partial charge is 0.492 e. The smallest absolute Gasteiger partial charge is 0.153 e. The molecule has 0 aliphatic carbocycles. The van der Waals surface area contributed by atoms with Gasteiger partial charge in [0.2, 0.25) is 0 Å². The van der Waals surface area contributed by atoms with Crippen molar-refractivity contribution in [2.24, 2.45) is 0 Å². The van der Waals surface area contributed by atoms with E-state index in [0.29, 0.717) is 13.2 Å². The molecule has 0 spiro atoms. The molecule has 1 heterocycles. The molecule has 0 N–H and O–H groups in total. The summed E-state index contributed by atoms with van der Waals surface area (Å²) in [6.07, 6.45) is 0.859. The molecule has 1 atom stereocenters. The van der Waals surface area contributed by atoms with Crippen LogP contribution in [0.1, 0.15) is 31.3 Å². The van der Waals surface area contributed by atoms with Gasteiger partial charge < -0.3 is 14.0 Å². The van der Waals surface area contributed by atoms with Crippen LogP contribution in [-0.4, -0.2) is 16.2 Å².